The highest BCUT2D eigenvalue weighted by Crippen LogP contribution is 2.31. The average molecular weight is 434 g/mol. The summed E-state index contributed by atoms with van der Waals surface area (Å²) in [5, 5.41) is 3.65. The van der Waals surface area contributed by atoms with Crippen LogP contribution in [0.15, 0.2) is 30.3 Å². The van der Waals surface area contributed by atoms with Gasteiger partial charge < -0.3 is 24.4 Å². The van der Waals surface area contributed by atoms with Gasteiger partial charge in [-0.2, -0.15) is 0 Å². The van der Waals surface area contributed by atoms with E-state index in [2.05, 4.69) is 15.2 Å². The Morgan fingerprint density at radius 1 is 1.20 bits per heavy atom. The molecule has 0 aliphatic carbocycles. The standard InChI is InChI=1S/C22H28ClN3O4/c1-4-30-19-11-15(5-6-18(19)28-2)14-26(17-7-9-24-10-8-17)21-13-16(22(27)29-3)12-20(23)25-21/h5-6,11-13,17,24H,4,7-10,14H2,1-3H3. The largest absolute Gasteiger partial charge is 0.493 e. The van der Waals surface area contributed by atoms with Crippen LogP contribution in [-0.4, -0.2) is 50.9 Å². The minimum absolute atomic E-state index is 0.261. The van der Waals surface area contributed by atoms with E-state index >= 15 is 0 Å². The molecule has 1 fully saturated rings. The molecule has 1 aromatic carbocycles. The number of anilines is 1. The number of halogens is 1. The van der Waals surface area contributed by atoms with Gasteiger partial charge in [-0.25, -0.2) is 9.78 Å². The fourth-order valence-electron chi connectivity index (χ4n) is 3.67. The van der Waals surface area contributed by atoms with E-state index in [1.54, 1.807) is 13.2 Å². The number of rotatable bonds is 8. The third-order valence-electron chi connectivity index (χ3n) is 5.13. The Balaban J connectivity index is 1.97. The van der Waals surface area contributed by atoms with Crippen molar-refractivity contribution in [2.45, 2.75) is 32.4 Å². The monoisotopic (exact) mass is 433 g/mol. The quantitative estimate of drug-likeness (QED) is 0.502. The summed E-state index contributed by atoms with van der Waals surface area (Å²) in [6.45, 7) is 4.95. The van der Waals surface area contributed by atoms with Gasteiger partial charge in [-0.1, -0.05) is 17.7 Å². The molecule has 8 heteroatoms. The molecule has 3 rings (SSSR count). The van der Waals surface area contributed by atoms with Crippen molar-refractivity contribution in [3.05, 3.63) is 46.6 Å². The highest BCUT2D eigenvalue weighted by Gasteiger charge is 2.24. The summed E-state index contributed by atoms with van der Waals surface area (Å²) >= 11 is 6.25. The van der Waals surface area contributed by atoms with Crippen LogP contribution in [0.1, 0.15) is 35.7 Å². The fraction of sp³-hybridized carbons (Fsp3) is 0.455. The van der Waals surface area contributed by atoms with Crippen LogP contribution in [0.3, 0.4) is 0 Å². The molecule has 0 unspecified atom stereocenters. The summed E-state index contributed by atoms with van der Waals surface area (Å²) < 4.78 is 16.0. The minimum Gasteiger partial charge on any atom is -0.493 e. The van der Waals surface area contributed by atoms with E-state index in [1.165, 1.54) is 13.2 Å². The molecule has 1 aromatic heterocycles. The average Bonchev–Trinajstić information content (AvgIpc) is 2.77. The first-order chi connectivity index (χ1) is 14.5. The summed E-state index contributed by atoms with van der Waals surface area (Å²) in [5.74, 6) is 1.62. The second kappa shape index (κ2) is 10.5. The number of nitrogens with one attached hydrogen (secondary N) is 1. The lowest BCUT2D eigenvalue weighted by Gasteiger charge is -2.36. The number of hydrogen-bond donors (Lipinski definition) is 1. The molecule has 2 aromatic rings. The van der Waals surface area contributed by atoms with Crippen molar-refractivity contribution in [1.29, 1.82) is 0 Å². The molecule has 30 heavy (non-hydrogen) atoms. The Labute approximate surface area is 182 Å². The topological polar surface area (TPSA) is 72.9 Å². The molecule has 162 valence electrons. The molecule has 0 saturated carbocycles. The number of methoxy groups -OCH3 is 2. The third-order valence-corrected chi connectivity index (χ3v) is 5.32. The first kappa shape index (κ1) is 22.2. The van der Waals surface area contributed by atoms with Gasteiger partial charge in [0.1, 0.15) is 11.0 Å². The maximum Gasteiger partial charge on any atom is 0.338 e. The van der Waals surface area contributed by atoms with Gasteiger partial charge in [-0.05, 0) is 62.7 Å². The number of esters is 1. The van der Waals surface area contributed by atoms with Crippen molar-refractivity contribution in [2.75, 3.05) is 38.8 Å². The third kappa shape index (κ3) is 5.34. The van der Waals surface area contributed by atoms with Gasteiger partial charge in [0.05, 0.1) is 26.4 Å². The Kier molecular flexibility index (Phi) is 7.76. The maximum atomic E-state index is 12.1. The second-order valence-electron chi connectivity index (χ2n) is 7.06. The van der Waals surface area contributed by atoms with Gasteiger partial charge >= 0.3 is 5.97 Å². The predicted octanol–water partition coefficient (Wildman–Crippen LogP) is 3.69. The highest BCUT2D eigenvalue weighted by atomic mass is 35.5. The van der Waals surface area contributed by atoms with Crippen LogP contribution in [0.2, 0.25) is 5.15 Å². The van der Waals surface area contributed by atoms with Crippen LogP contribution < -0.4 is 19.7 Å². The Bertz CT molecular complexity index is 871. The SMILES string of the molecule is CCOc1cc(CN(c2cc(C(=O)OC)cc(Cl)n2)C2CCNCC2)ccc1OC. The van der Waals surface area contributed by atoms with E-state index in [0.29, 0.717) is 36.0 Å². The van der Waals surface area contributed by atoms with E-state index in [0.717, 1.165) is 31.5 Å². The number of pyridine rings is 1. The molecule has 0 spiro atoms. The maximum absolute atomic E-state index is 12.1. The van der Waals surface area contributed by atoms with Gasteiger partial charge in [-0.3, -0.25) is 0 Å². The van der Waals surface area contributed by atoms with E-state index in [1.807, 2.05) is 25.1 Å². The van der Waals surface area contributed by atoms with Crippen molar-refractivity contribution >= 4 is 23.4 Å². The highest BCUT2D eigenvalue weighted by molar-refractivity contribution is 6.29. The van der Waals surface area contributed by atoms with Crippen LogP contribution >= 0.6 is 11.6 Å². The zero-order chi connectivity index (χ0) is 21.5. The normalized spacial score (nSPS) is 14.3. The van der Waals surface area contributed by atoms with Gasteiger partial charge in [0.15, 0.2) is 11.5 Å². The molecular weight excluding hydrogens is 406 g/mol. The van der Waals surface area contributed by atoms with Crippen molar-refractivity contribution in [2.24, 2.45) is 0 Å². The van der Waals surface area contributed by atoms with Gasteiger partial charge in [0, 0.05) is 12.6 Å². The van der Waals surface area contributed by atoms with E-state index in [-0.39, 0.29) is 11.2 Å². The number of ether oxygens (including phenoxy) is 3. The van der Waals surface area contributed by atoms with Gasteiger partial charge in [0.25, 0.3) is 0 Å². The number of benzene rings is 1. The molecule has 0 bridgehead atoms. The molecule has 2 heterocycles. The Morgan fingerprint density at radius 3 is 2.63 bits per heavy atom. The van der Waals surface area contributed by atoms with Crippen LogP contribution in [0.25, 0.3) is 0 Å². The van der Waals surface area contributed by atoms with E-state index < -0.39 is 5.97 Å². The summed E-state index contributed by atoms with van der Waals surface area (Å²) in [7, 11) is 2.98. The zero-order valence-electron chi connectivity index (χ0n) is 17.6. The number of piperidine rings is 1. The van der Waals surface area contributed by atoms with Crippen molar-refractivity contribution in [3.8, 4) is 11.5 Å². The molecule has 0 atom stereocenters. The number of aromatic nitrogens is 1. The van der Waals surface area contributed by atoms with E-state index in [4.69, 9.17) is 25.8 Å². The van der Waals surface area contributed by atoms with Crippen LogP contribution in [-0.2, 0) is 11.3 Å². The molecular formula is C22H28ClN3O4. The molecule has 0 radical (unpaired) electrons. The molecule has 1 aliphatic heterocycles. The summed E-state index contributed by atoms with van der Waals surface area (Å²) in [4.78, 5) is 18.8. The number of hydrogen-bond acceptors (Lipinski definition) is 7. The number of carbonyl (C=O) groups is 1. The van der Waals surface area contributed by atoms with Crippen molar-refractivity contribution < 1.29 is 19.0 Å². The molecule has 0 amide bonds. The van der Waals surface area contributed by atoms with E-state index in [9.17, 15) is 4.79 Å². The van der Waals surface area contributed by atoms with Crippen LogP contribution in [0.5, 0.6) is 11.5 Å². The summed E-state index contributed by atoms with van der Waals surface area (Å²) in [6, 6.07) is 9.45. The zero-order valence-corrected chi connectivity index (χ0v) is 18.4. The first-order valence-electron chi connectivity index (χ1n) is 10.1. The molecule has 1 saturated heterocycles. The van der Waals surface area contributed by atoms with Crippen molar-refractivity contribution in [1.82, 2.24) is 10.3 Å². The Hall–Kier alpha value is -2.51. The lowest BCUT2D eigenvalue weighted by atomic mass is 10.0. The summed E-state index contributed by atoms with van der Waals surface area (Å²) in [5.41, 5.74) is 1.44. The Morgan fingerprint density at radius 2 is 1.97 bits per heavy atom. The lowest BCUT2D eigenvalue weighted by molar-refractivity contribution is 0.0600. The molecule has 1 N–H and O–H groups in total. The fourth-order valence-corrected chi connectivity index (χ4v) is 3.87. The van der Waals surface area contributed by atoms with Gasteiger partial charge in [0.2, 0.25) is 0 Å². The summed E-state index contributed by atoms with van der Waals surface area (Å²) in [6.07, 6.45) is 1.94. The minimum atomic E-state index is -0.436. The number of carbonyl (C=O) groups excluding carboxylic acids is 1. The predicted molar refractivity (Wildman–Crippen MR) is 117 cm³/mol. The molecule has 7 nitrogen and oxygen atoms in total. The number of nitrogens with zero attached hydrogens (tertiary/aromatic N) is 2. The first-order valence-corrected chi connectivity index (χ1v) is 10.5. The van der Waals surface area contributed by atoms with Crippen molar-refractivity contribution in [3.63, 3.8) is 0 Å². The van der Waals surface area contributed by atoms with Gasteiger partial charge in [-0.15, -0.1) is 0 Å². The van der Waals surface area contributed by atoms with Crippen LogP contribution in [0.4, 0.5) is 5.82 Å². The second-order valence-corrected chi connectivity index (χ2v) is 7.44. The lowest BCUT2D eigenvalue weighted by Crippen LogP contribution is -2.43. The smallest absolute Gasteiger partial charge is 0.338 e. The van der Waals surface area contributed by atoms with Crippen LogP contribution in [0, 0.1) is 0 Å². The molecule has 1 aliphatic rings.